The van der Waals surface area contributed by atoms with E-state index in [-0.39, 0.29) is 24.4 Å². The minimum Gasteiger partial charge on any atom is -0.495 e. The maximum atomic E-state index is 13.2. The van der Waals surface area contributed by atoms with Gasteiger partial charge in [0.15, 0.2) is 0 Å². The van der Waals surface area contributed by atoms with Crippen molar-refractivity contribution >= 4 is 17.5 Å². The molecule has 6 nitrogen and oxygen atoms in total. The monoisotopic (exact) mass is 381 g/mol. The number of unbranched alkanes of at least 4 members (excludes halogenated alkanes) is 1. The number of nitrogens with zero attached hydrogens (tertiary/aromatic N) is 3. The molecule has 1 atom stereocenters. The number of para-hydroxylation sites is 2. The average Bonchev–Trinajstić information content (AvgIpc) is 2.72. The first kappa shape index (κ1) is 19.9. The van der Waals surface area contributed by atoms with Gasteiger partial charge in [-0.2, -0.15) is 0 Å². The van der Waals surface area contributed by atoms with Crippen LogP contribution in [0.15, 0.2) is 42.7 Å². The molecule has 28 heavy (non-hydrogen) atoms. The third kappa shape index (κ3) is 4.01. The summed E-state index contributed by atoms with van der Waals surface area (Å²) in [5.74, 6) is 0.430. The molecule has 2 amide bonds. The van der Waals surface area contributed by atoms with Crippen molar-refractivity contribution in [2.24, 2.45) is 0 Å². The van der Waals surface area contributed by atoms with E-state index in [1.54, 1.807) is 29.3 Å². The van der Waals surface area contributed by atoms with Crippen LogP contribution in [0.5, 0.6) is 5.75 Å². The van der Waals surface area contributed by atoms with E-state index in [0.717, 1.165) is 30.5 Å². The molecule has 0 radical (unpaired) electrons. The maximum Gasteiger partial charge on any atom is 0.256 e. The molecule has 0 saturated carbocycles. The van der Waals surface area contributed by atoms with Crippen molar-refractivity contribution in [3.05, 3.63) is 53.9 Å². The number of hydrogen-bond acceptors (Lipinski definition) is 4. The van der Waals surface area contributed by atoms with Gasteiger partial charge in [-0.05, 0) is 37.1 Å². The van der Waals surface area contributed by atoms with Crippen LogP contribution >= 0.6 is 0 Å². The van der Waals surface area contributed by atoms with Gasteiger partial charge in [0.05, 0.1) is 24.4 Å². The number of aryl methyl sites for hydroxylation is 1. The van der Waals surface area contributed by atoms with Gasteiger partial charge in [-0.25, -0.2) is 0 Å². The van der Waals surface area contributed by atoms with E-state index in [4.69, 9.17) is 4.74 Å². The number of hydrogen-bond donors (Lipinski definition) is 0. The van der Waals surface area contributed by atoms with Crippen molar-refractivity contribution < 1.29 is 14.3 Å². The lowest BCUT2D eigenvalue weighted by Gasteiger charge is -2.41. The Morgan fingerprint density at radius 3 is 2.79 bits per heavy atom. The van der Waals surface area contributed by atoms with E-state index >= 15 is 0 Å². The summed E-state index contributed by atoms with van der Waals surface area (Å²) in [6.07, 6.45) is 6.14. The molecular formula is C22H27N3O3. The van der Waals surface area contributed by atoms with Crippen molar-refractivity contribution in [1.82, 2.24) is 9.88 Å². The maximum absolute atomic E-state index is 13.2. The summed E-state index contributed by atoms with van der Waals surface area (Å²) in [6.45, 7) is 4.54. The van der Waals surface area contributed by atoms with Gasteiger partial charge in [0.2, 0.25) is 5.91 Å². The van der Waals surface area contributed by atoms with Crippen LogP contribution in [-0.2, 0) is 4.79 Å². The van der Waals surface area contributed by atoms with Crippen LogP contribution in [0.4, 0.5) is 5.69 Å². The normalized spacial score (nSPS) is 17.0. The van der Waals surface area contributed by atoms with Crippen molar-refractivity contribution in [2.75, 3.05) is 25.1 Å². The van der Waals surface area contributed by atoms with Crippen LogP contribution in [0.2, 0.25) is 0 Å². The van der Waals surface area contributed by atoms with E-state index in [0.29, 0.717) is 17.9 Å². The minimum absolute atomic E-state index is 0.0466. The summed E-state index contributed by atoms with van der Waals surface area (Å²) in [7, 11) is 1.60. The number of methoxy groups -OCH3 is 1. The van der Waals surface area contributed by atoms with Crippen LogP contribution in [0.3, 0.4) is 0 Å². The van der Waals surface area contributed by atoms with Gasteiger partial charge in [0.1, 0.15) is 12.3 Å². The summed E-state index contributed by atoms with van der Waals surface area (Å²) < 4.78 is 5.44. The third-order valence-electron chi connectivity index (χ3n) is 5.24. The first-order valence-electron chi connectivity index (χ1n) is 9.71. The van der Waals surface area contributed by atoms with Gasteiger partial charge in [-0.1, -0.05) is 31.9 Å². The Bertz CT molecular complexity index is 852. The average molecular weight is 381 g/mol. The first-order chi connectivity index (χ1) is 13.6. The van der Waals surface area contributed by atoms with Crippen molar-refractivity contribution in [1.29, 1.82) is 0 Å². The fourth-order valence-corrected chi connectivity index (χ4v) is 3.62. The zero-order chi connectivity index (χ0) is 20.1. The number of amides is 2. The Kier molecular flexibility index (Phi) is 6.29. The molecule has 0 bridgehead atoms. The molecule has 1 aliphatic rings. The number of rotatable bonds is 6. The number of anilines is 1. The van der Waals surface area contributed by atoms with E-state index in [1.165, 1.54) is 0 Å². The predicted octanol–water partition coefficient (Wildman–Crippen LogP) is 3.45. The van der Waals surface area contributed by atoms with Crippen LogP contribution in [-0.4, -0.2) is 47.9 Å². The fraction of sp³-hybridized carbons (Fsp3) is 0.409. The summed E-state index contributed by atoms with van der Waals surface area (Å²) >= 11 is 0. The zero-order valence-corrected chi connectivity index (χ0v) is 16.7. The molecule has 1 fully saturated rings. The number of aromatic nitrogens is 1. The topological polar surface area (TPSA) is 62.7 Å². The van der Waals surface area contributed by atoms with Crippen molar-refractivity contribution in [3.8, 4) is 5.75 Å². The highest BCUT2D eigenvalue weighted by atomic mass is 16.5. The molecule has 0 aliphatic carbocycles. The lowest BCUT2D eigenvalue weighted by atomic mass is 10.0. The SMILES string of the molecule is CCCC[C@H]1CN(c2ccccc2OC)C(=O)CN1C(=O)c1cnccc1C. The van der Waals surface area contributed by atoms with Gasteiger partial charge >= 0.3 is 0 Å². The summed E-state index contributed by atoms with van der Waals surface area (Å²) in [4.78, 5) is 33.7. The molecule has 6 heteroatoms. The number of ether oxygens (including phenoxy) is 1. The molecule has 0 N–H and O–H groups in total. The predicted molar refractivity (Wildman–Crippen MR) is 109 cm³/mol. The molecule has 2 aromatic rings. The second kappa shape index (κ2) is 8.87. The smallest absolute Gasteiger partial charge is 0.256 e. The Morgan fingerprint density at radius 1 is 1.29 bits per heavy atom. The molecule has 148 valence electrons. The molecule has 1 aromatic carbocycles. The highest BCUT2D eigenvalue weighted by molar-refractivity contribution is 6.03. The highest BCUT2D eigenvalue weighted by Gasteiger charge is 2.36. The molecule has 1 saturated heterocycles. The molecule has 3 rings (SSSR count). The Balaban J connectivity index is 1.90. The van der Waals surface area contributed by atoms with Gasteiger partial charge in [-0.15, -0.1) is 0 Å². The van der Waals surface area contributed by atoms with Gasteiger partial charge < -0.3 is 14.5 Å². The van der Waals surface area contributed by atoms with Crippen LogP contribution in [0, 0.1) is 6.92 Å². The summed E-state index contributed by atoms with van der Waals surface area (Å²) in [6, 6.07) is 9.28. The van der Waals surface area contributed by atoms with Crippen molar-refractivity contribution in [2.45, 2.75) is 39.2 Å². The molecular weight excluding hydrogens is 354 g/mol. The Labute approximate surface area is 166 Å². The molecule has 2 heterocycles. The first-order valence-corrected chi connectivity index (χ1v) is 9.71. The zero-order valence-electron chi connectivity index (χ0n) is 16.7. The molecule has 0 unspecified atom stereocenters. The summed E-state index contributed by atoms with van der Waals surface area (Å²) in [5.41, 5.74) is 2.18. The molecule has 0 spiro atoms. The van der Waals surface area contributed by atoms with E-state index < -0.39 is 0 Å². The third-order valence-corrected chi connectivity index (χ3v) is 5.24. The van der Waals surface area contributed by atoms with E-state index in [1.807, 2.05) is 37.3 Å². The number of pyridine rings is 1. The summed E-state index contributed by atoms with van der Waals surface area (Å²) in [5, 5.41) is 0. The number of benzene rings is 1. The molecule has 1 aromatic heterocycles. The van der Waals surface area contributed by atoms with Gasteiger partial charge in [0, 0.05) is 18.9 Å². The number of carbonyl (C=O) groups excluding carboxylic acids is 2. The Morgan fingerprint density at radius 2 is 2.07 bits per heavy atom. The van der Waals surface area contributed by atoms with Crippen LogP contribution < -0.4 is 9.64 Å². The lowest BCUT2D eigenvalue weighted by Crippen LogP contribution is -2.58. The van der Waals surface area contributed by atoms with E-state index in [9.17, 15) is 9.59 Å². The van der Waals surface area contributed by atoms with Gasteiger partial charge in [0.25, 0.3) is 5.91 Å². The second-order valence-electron chi connectivity index (χ2n) is 7.10. The van der Waals surface area contributed by atoms with E-state index in [2.05, 4.69) is 11.9 Å². The number of piperazine rings is 1. The highest BCUT2D eigenvalue weighted by Crippen LogP contribution is 2.31. The van der Waals surface area contributed by atoms with Crippen LogP contribution in [0.1, 0.15) is 42.1 Å². The minimum atomic E-state index is -0.125. The van der Waals surface area contributed by atoms with Crippen LogP contribution in [0.25, 0.3) is 0 Å². The second-order valence-corrected chi connectivity index (χ2v) is 7.10. The fourth-order valence-electron chi connectivity index (χ4n) is 3.62. The van der Waals surface area contributed by atoms with Gasteiger partial charge in [-0.3, -0.25) is 14.6 Å². The molecule has 1 aliphatic heterocycles. The Hall–Kier alpha value is -2.89. The van der Waals surface area contributed by atoms with Crippen molar-refractivity contribution in [3.63, 3.8) is 0 Å². The number of carbonyl (C=O) groups is 2. The quantitative estimate of drug-likeness (QED) is 0.769. The standard InChI is InChI=1S/C22H27N3O3/c1-4-5-8-17-14-25(19-9-6-7-10-20(19)28-3)21(26)15-24(17)22(27)18-13-23-12-11-16(18)2/h6-7,9-13,17H,4-5,8,14-15H2,1-3H3/t17-/m0/s1. The largest absolute Gasteiger partial charge is 0.495 e. The lowest BCUT2D eigenvalue weighted by molar-refractivity contribution is -0.121.